The fourth-order valence-electron chi connectivity index (χ4n) is 1.58. The Morgan fingerprint density at radius 3 is 3.06 bits per heavy atom. The van der Waals surface area contributed by atoms with E-state index in [9.17, 15) is 0 Å². The lowest BCUT2D eigenvalue weighted by atomic mass is 10.2. The third-order valence-electron chi connectivity index (χ3n) is 2.45. The molecule has 0 radical (unpaired) electrons. The van der Waals surface area contributed by atoms with Gasteiger partial charge in [0.05, 0.1) is 11.4 Å². The highest BCUT2D eigenvalue weighted by Crippen LogP contribution is 2.22. The van der Waals surface area contributed by atoms with Crippen LogP contribution in [-0.2, 0) is 6.54 Å². The summed E-state index contributed by atoms with van der Waals surface area (Å²) in [4.78, 5) is 0. The maximum Gasteiger partial charge on any atom is 0.0588 e. The van der Waals surface area contributed by atoms with E-state index in [0.717, 1.165) is 25.2 Å². The highest BCUT2D eigenvalue weighted by atomic mass is 35.5. The van der Waals surface area contributed by atoms with E-state index in [1.165, 1.54) is 0 Å². The predicted molar refractivity (Wildman–Crippen MR) is 71.2 cm³/mol. The van der Waals surface area contributed by atoms with Gasteiger partial charge < -0.3 is 11.1 Å². The Labute approximate surface area is 105 Å². The molecule has 0 spiro atoms. The first kappa shape index (κ1) is 11.8. The molecule has 3 N–H and O–H groups in total. The summed E-state index contributed by atoms with van der Waals surface area (Å²) < 4.78 is 1.91. The number of rotatable bonds is 5. The lowest BCUT2D eigenvalue weighted by molar-refractivity contribution is 0.592. The van der Waals surface area contributed by atoms with Gasteiger partial charge in [0.2, 0.25) is 0 Å². The smallest absolute Gasteiger partial charge is 0.0588 e. The fraction of sp³-hybridized carbons (Fsp3) is 0.250. The van der Waals surface area contributed by atoms with Crippen LogP contribution < -0.4 is 11.1 Å². The zero-order valence-electron chi connectivity index (χ0n) is 9.44. The van der Waals surface area contributed by atoms with Gasteiger partial charge in [-0.25, -0.2) is 0 Å². The van der Waals surface area contributed by atoms with Gasteiger partial charge in [0.1, 0.15) is 0 Å². The fourth-order valence-corrected chi connectivity index (χ4v) is 1.75. The van der Waals surface area contributed by atoms with E-state index in [1.54, 1.807) is 18.3 Å². The molecule has 0 aliphatic rings. The second-order valence-corrected chi connectivity index (χ2v) is 4.22. The van der Waals surface area contributed by atoms with Gasteiger partial charge in [-0.1, -0.05) is 11.6 Å². The molecule has 0 atom stereocenters. The van der Waals surface area contributed by atoms with Crippen molar-refractivity contribution in [1.82, 2.24) is 9.78 Å². The number of nitrogen functional groups attached to an aromatic ring is 1. The van der Waals surface area contributed by atoms with Crippen molar-refractivity contribution in [2.24, 2.45) is 0 Å². The van der Waals surface area contributed by atoms with E-state index in [0.29, 0.717) is 10.7 Å². The third-order valence-corrected chi connectivity index (χ3v) is 2.69. The van der Waals surface area contributed by atoms with Crippen molar-refractivity contribution in [1.29, 1.82) is 0 Å². The van der Waals surface area contributed by atoms with Crippen molar-refractivity contribution in [2.75, 3.05) is 17.6 Å². The number of nitrogens with zero attached hydrogens (tertiary/aromatic N) is 2. The van der Waals surface area contributed by atoms with E-state index >= 15 is 0 Å². The zero-order chi connectivity index (χ0) is 12.1. The van der Waals surface area contributed by atoms with Crippen LogP contribution in [0.3, 0.4) is 0 Å². The number of aromatic nitrogens is 2. The lowest BCUT2D eigenvalue weighted by Gasteiger charge is -2.09. The first-order chi connectivity index (χ1) is 8.25. The molecule has 90 valence electrons. The van der Waals surface area contributed by atoms with Gasteiger partial charge in [-0.3, -0.25) is 4.68 Å². The minimum Gasteiger partial charge on any atom is -0.397 e. The maximum absolute atomic E-state index is 5.90. The molecule has 1 aromatic carbocycles. The van der Waals surface area contributed by atoms with Crippen LogP contribution in [0.4, 0.5) is 11.4 Å². The van der Waals surface area contributed by atoms with Crippen LogP contribution in [0.1, 0.15) is 6.42 Å². The lowest BCUT2D eigenvalue weighted by Crippen LogP contribution is -2.08. The number of aryl methyl sites for hydroxylation is 1. The van der Waals surface area contributed by atoms with Gasteiger partial charge in [0.25, 0.3) is 0 Å². The van der Waals surface area contributed by atoms with Crippen molar-refractivity contribution in [2.45, 2.75) is 13.0 Å². The molecule has 0 saturated heterocycles. The Kier molecular flexibility index (Phi) is 3.88. The topological polar surface area (TPSA) is 55.9 Å². The van der Waals surface area contributed by atoms with Crippen molar-refractivity contribution in [3.8, 4) is 0 Å². The molecule has 1 aromatic heterocycles. The average molecular weight is 251 g/mol. The monoisotopic (exact) mass is 250 g/mol. The number of nitrogens with two attached hydrogens (primary N) is 1. The summed E-state index contributed by atoms with van der Waals surface area (Å²) in [5, 5.41) is 8.09. The van der Waals surface area contributed by atoms with Crippen LogP contribution in [0.5, 0.6) is 0 Å². The molecular weight excluding hydrogens is 236 g/mol. The second kappa shape index (κ2) is 5.59. The summed E-state index contributed by atoms with van der Waals surface area (Å²) in [5.41, 5.74) is 7.43. The molecule has 0 aliphatic heterocycles. The first-order valence-electron chi connectivity index (χ1n) is 5.52. The van der Waals surface area contributed by atoms with Crippen LogP contribution in [0.2, 0.25) is 5.02 Å². The van der Waals surface area contributed by atoms with Crippen LogP contribution in [0, 0.1) is 0 Å². The Morgan fingerprint density at radius 2 is 2.29 bits per heavy atom. The van der Waals surface area contributed by atoms with E-state index < -0.39 is 0 Å². The predicted octanol–water partition coefficient (Wildman–Crippen LogP) is 2.62. The van der Waals surface area contributed by atoms with E-state index in [2.05, 4.69) is 10.4 Å². The van der Waals surface area contributed by atoms with Gasteiger partial charge >= 0.3 is 0 Å². The molecular formula is C12H15ClN4. The maximum atomic E-state index is 5.90. The Balaban J connectivity index is 1.80. The van der Waals surface area contributed by atoms with Crippen molar-refractivity contribution in [3.05, 3.63) is 41.7 Å². The van der Waals surface area contributed by atoms with E-state index in [-0.39, 0.29) is 0 Å². The van der Waals surface area contributed by atoms with Crippen LogP contribution in [0.25, 0.3) is 0 Å². The molecule has 0 bridgehead atoms. The zero-order valence-corrected chi connectivity index (χ0v) is 10.2. The van der Waals surface area contributed by atoms with Crippen LogP contribution in [0.15, 0.2) is 36.7 Å². The molecule has 1 heterocycles. The van der Waals surface area contributed by atoms with Gasteiger partial charge in [0.15, 0.2) is 0 Å². The summed E-state index contributed by atoms with van der Waals surface area (Å²) in [6.07, 6.45) is 4.71. The number of anilines is 2. The average Bonchev–Trinajstić information content (AvgIpc) is 2.82. The summed E-state index contributed by atoms with van der Waals surface area (Å²) in [7, 11) is 0. The van der Waals surface area contributed by atoms with Gasteiger partial charge in [-0.2, -0.15) is 5.10 Å². The second-order valence-electron chi connectivity index (χ2n) is 3.78. The highest BCUT2D eigenvalue weighted by molar-refractivity contribution is 6.31. The largest absolute Gasteiger partial charge is 0.397 e. The molecule has 0 aliphatic carbocycles. The van der Waals surface area contributed by atoms with Crippen molar-refractivity contribution >= 4 is 23.0 Å². The van der Waals surface area contributed by atoms with Crippen LogP contribution in [-0.4, -0.2) is 16.3 Å². The molecule has 4 nitrogen and oxygen atoms in total. The summed E-state index contributed by atoms with van der Waals surface area (Å²) in [6.45, 7) is 1.73. The molecule has 2 rings (SSSR count). The molecule has 0 fully saturated rings. The number of nitrogens with one attached hydrogen (secondary N) is 1. The first-order valence-corrected chi connectivity index (χ1v) is 5.90. The number of halogens is 1. The Bertz CT molecular complexity index is 467. The third kappa shape index (κ3) is 3.39. The SMILES string of the molecule is Nc1ccc(Cl)cc1NCCCn1cccn1. The summed E-state index contributed by atoms with van der Waals surface area (Å²) in [5.74, 6) is 0. The van der Waals surface area contributed by atoms with Gasteiger partial charge in [-0.15, -0.1) is 0 Å². The summed E-state index contributed by atoms with van der Waals surface area (Å²) in [6, 6.07) is 7.34. The van der Waals surface area contributed by atoms with Crippen molar-refractivity contribution < 1.29 is 0 Å². The van der Waals surface area contributed by atoms with Crippen molar-refractivity contribution in [3.63, 3.8) is 0 Å². The normalized spacial score (nSPS) is 10.4. The number of benzene rings is 1. The molecule has 2 aromatic rings. The molecule has 5 heteroatoms. The summed E-state index contributed by atoms with van der Waals surface area (Å²) >= 11 is 5.90. The molecule has 0 amide bonds. The molecule has 0 unspecified atom stereocenters. The van der Waals surface area contributed by atoms with Gasteiger partial charge in [-0.05, 0) is 30.7 Å². The van der Waals surface area contributed by atoms with Gasteiger partial charge in [0, 0.05) is 30.5 Å². The van der Waals surface area contributed by atoms with E-state index in [4.69, 9.17) is 17.3 Å². The Hall–Kier alpha value is -1.68. The standard InChI is InChI=1S/C12H15ClN4/c13-10-3-4-11(14)12(9-10)15-5-1-7-17-8-2-6-16-17/h2-4,6,8-9,15H,1,5,7,14H2. The minimum absolute atomic E-state index is 0.689. The molecule has 17 heavy (non-hydrogen) atoms. The number of hydrogen-bond acceptors (Lipinski definition) is 3. The minimum atomic E-state index is 0.689. The highest BCUT2D eigenvalue weighted by Gasteiger charge is 1.99. The van der Waals surface area contributed by atoms with E-state index in [1.807, 2.05) is 23.0 Å². The molecule has 0 saturated carbocycles. The quantitative estimate of drug-likeness (QED) is 0.634. The number of hydrogen-bond donors (Lipinski definition) is 2. The Morgan fingerprint density at radius 1 is 1.41 bits per heavy atom. The van der Waals surface area contributed by atoms with Crippen LogP contribution >= 0.6 is 11.6 Å².